The third-order valence-electron chi connectivity index (χ3n) is 3.47. The van der Waals surface area contributed by atoms with E-state index in [1.807, 2.05) is 6.07 Å². The van der Waals surface area contributed by atoms with Crippen LogP contribution in [0.3, 0.4) is 0 Å². The molecule has 18 heavy (non-hydrogen) atoms. The Labute approximate surface area is 105 Å². The maximum absolute atomic E-state index is 12.1. The number of pyridine rings is 1. The minimum absolute atomic E-state index is 0.126. The van der Waals surface area contributed by atoms with Gasteiger partial charge in [0.15, 0.2) is 5.65 Å². The first-order chi connectivity index (χ1) is 8.40. The van der Waals surface area contributed by atoms with Gasteiger partial charge >= 0.3 is 0 Å². The number of nitriles is 1. The maximum Gasteiger partial charge on any atom is 0.289 e. The fourth-order valence-corrected chi connectivity index (χ4v) is 1.76. The third-order valence-corrected chi connectivity index (χ3v) is 3.47. The molecule has 0 radical (unpaired) electrons. The monoisotopic (exact) mass is 244 g/mol. The summed E-state index contributed by atoms with van der Waals surface area (Å²) in [4.78, 5) is 16.5. The minimum atomic E-state index is -0.335. The summed E-state index contributed by atoms with van der Waals surface area (Å²) in [7, 11) is 0. The number of nitrogens with one attached hydrogen (secondary N) is 1. The molecule has 1 N–H and O–H groups in total. The number of fused-ring (bicyclic) bond motifs is 1. The lowest BCUT2D eigenvalue weighted by Gasteiger charge is -2.18. The van der Waals surface area contributed by atoms with Crippen molar-refractivity contribution < 1.29 is 0 Å². The third kappa shape index (κ3) is 1.70. The van der Waals surface area contributed by atoms with Crippen LogP contribution in [-0.2, 0) is 5.41 Å². The van der Waals surface area contributed by atoms with Gasteiger partial charge in [-0.15, -0.1) is 0 Å². The lowest BCUT2D eigenvalue weighted by molar-refractivity contribution is 0.472. The van der Waals surface area contributed by atoms with Crippen LogP contribution in [0.5, 0.6) is 0 Å². The molecule has 0 amide bonds. The predicted octanol–water partition coefficient (Wildman–Crippen LogP) is 1.89. The fraction of sp³-hybridized carbons (Fsp3) is 0.462. The van der Waals surface area contributed by atoms with E-state index >= 15 is 0 Å². The summed E-state index contributed by atoms with van der Waals surface area (Å²) in [5.74, 6) is 0.761. The molecule has 0 aliphatic rings. The van der Waals surface area contributed by atoms with Crippen molar-refractivity contribution in [2.75, 3.05) is 0 Å². The lowest BCUT2D eigenvalue weighted by Crippen LogP contribution is -2.21. The number of hydrogen-bond donors (Lipinski definition) is 1. The van der Waals surface area contributed by atoms with E-state index < -0.39 is 0 Å². The molecule has 0 bridgehead atoms. The summed E-state index contributed by atoms with van der Waals surface area (Å²) in [5, 5.41) is 12.0. The Kier molecular flexibility index (Phi) is 2.74. The highest BCUT2D eigenvalue weighted by Gasteiger charge is 2.23. The Morgan fingerprint density at radius 2 is 2.22 bits per heavy atom. The summed E-state index contributed by atoms with van der Waals surface area (Å²) >= 11 is 0. The Morgan fingerprint density at radius 1 is 1.56 bits per heavy atom. The van der Waals surface area contributed by atoms with Crippen molar-refractivity contribution in [2.45, 2.75) is 39.5 Å². The first-order valence-corrected chi connectivity index (χ1v) is 5.93. The molecular formula is C13H16N4O. The van der Waals surface area contributed by atoms with Gasteiger partial charge in [0.05, 0.1) is 0 Å². The summed E-state index contributed by atoms with van der Waals surface area (Å²) in [6.07, 6.45) is 0.908. The van der Waals surface area contributed by atoms with E-state index in [0.29, 0.717) is 11.2 Å². The molecule has 2 rings (SSSR count). The van der Waals surface area contributed by atoms with Crippen LogP contribution in [0.15, 0.2) is 10.9 Å². The molecule has 0 aliphatic heterocycles. The second-order valence-corrected chi connectivity index (χ2v) is 5.12. The van der Waals surface area contributed by atoms with Gasteiger partial charge < -0.3 is 0 Å². The van der Waals surface area contributed by atoms with E-state index in [1.54, 1.807) is 13.0 Å². The van der Waals surface area contributed by atoms with E-state index in [4.69, 9.17) is 5.26 Å². The lowest BCUT2D eigenvalue weighted by atomic mass is 9.90. The summed E-state index contributed by atoms with van der Waals surface area (Å²) in [5.41, 5.74) is 0.928. The van der Waals surface area contributed by atoms with Gasteiger partial charge in [-0.25, -0.2) is 4.98 Å². The van der Waals surface area contributed by atoms with Gasteiger partial charge in [0.2, 0.25) is 0 Å². The van der Waals surface area contributed by atoms with E-state index in [0.717, 1.165) is 12.2 Å². The zero-order valence-electron chi connectivity index (χ0n) is 11.0. The van der Waals surface area contributed by atoms with Gasteiger partial charge in [-0.3, -0.25) is 9.89 Å². The van der Waals surface area contributed by atoms with E-state index in [2.05, 4.69) is 30.9 Å². The molecule has 5 nitrogen and oxygen atoms in total. The first kappa shape index (κ1) is 12.4. The van der Waals surface area contributed by atoms with Crippen LogP contribution in [0.25, 0.3) is 5.65 Å². The van der Waals surface area contributed by atoms with Gasteiger partial charge in [-0.2, -0.15) is 9.78 Å². The van der Waals surface area contributed by atoms with Crippen LogP contribution in [-0.4, -0.2) is 14.6 Å². The molecule has 0 saturated heterocycles. The molecule has 0 atom stereocenters. The minimum Gasteiger partial charge on any atom is -0.276 e. The number of nitrogens with zero attached hydrogens (tertiary/aromatic N) is 3. The van der Waals surface area contributed by atoms with Gasteiger partial charge in [0.25, 0.3) is 5.56 Å². The van der Waals surface area contributed by atoms with Crippen LogP contribution in [0, 0.1) is 18.3 Å². The summed E-state index contributed by atoms with van der Waals surface area (Å²) < 4.78 is 1.35. The van der Waals surface area contributed by atoms with Crippen LogP contribution >= 0.6 is 0 Å². The molecule has 0 fully saturated rings. The number of rotatable bonds is 2. The average Bonchev–Trinajstić information content (AvgIpc) is 2.74. The predicted molar refractivity (Wildman–Crippen MR) is 68.6 cm³/mol. The second-order valence-electron chi connectivity index (χ2n) is 5.12. The molecule has 0 aliphatic carbocycles. The van der Waals surface area contributed by atoms with Gasteiger partial charge in [-0.05, 0) is 25.0 Å². The van der Waals surface area contributed by atoms with Crippen molar-refractivity contribution in [3.8, 4) is 6.07 Å². The molecule has 0 aromatic carbocycles. The highest BCUT2D eigenvalue weighted by Crippen LogP contribution is 2.23. The number of H-pyrrole nitrogens is 1. The topological polar surface area (TPSA) is 73.9 Å². The van der Waals surface area contributed by atoms with E-state index in [-0.39, 0.29) is 16.5 Å². The van der Waals surface area contributed by atoms with Crippen molar-refractivity contribution in [2.24, 2.45) is 0 Å². The zero-order chi connectivity index (χ0) is 13.5. The Morgan fingerprint density at radius 3 is 2.78 bits per heavy atom. The van der Waals surface area contributed by atoms with Crippen molar-refractivity contribution in [1.29, 1.82) is 5.26 Å². The average molecular weight is 244 g/mol. The van der Waals surface area contributed by atoms with Gasteiger partial charge in [0, 0.05) is 5.41 Å². The fourth-order valence-electron chi connectivity index (χ4n) is 1.76. The summed E-state index contributed by atoms with van der Waals surface area (Å²) in [6.45, 7) is 7.95. The van der Waals surface area contributed by atoms with Crippen molar-refractivity contribution in [3.63, 3.8) is 0 Å². The molecule has 2 aromatic heterocycles. The number of hydrogen-bond acceptors (Lipinski definition) is 3. The Bertz CT molecular complexity index is 700. The molecule has 5 heteroatoms. The summed E-state index contributed by atoms with van der Waals surface area (Å²) in [6, 6.07) is 3.69. The molecule has 2 aromatic rings. The number of aromatic amines is 1. The standard InChI is InChI=1S/C13H16N4O/c1-5-13(3,4)12-15-10-6-8(2)9(7-14)11(18)17(10)16-12/h6H,5H2,1-4H3,(H,15,16). The molecule has 0 spiro atoms. The largest absolute Gasteiger partial charge is 0.289 e. The van der Waals surface area contributed by atoms with Crippen LogP contribution < -0.4 is 5.56 Å². The number of aromatic nitrogens is 3. The zero-order valence-corrected chi connectivity index (χ0v) is 11.0. The maximum atomic E-state index is 12.1. The molecule has 0 unspecified atom stereocenters. The number of aryl methyl sites for hydroxylation is 1. The van der Waals surface area contributed by atoms with Crippen molar-refractivity contribution >= 4 is 5.65 Å². The van der Waals surface area contributed by atoms with Crippen LogP contribution in [0.4, 0.5) is 0 Å². The van der Waals surface area contributed by atoms with E-state index in [1.165, 1.54) is 4.52 Å². The smallest absolute Gasteiger partial charge is 0.276 e. The molecule has 0 saturated carbocycles. The van der Waals surface area contributed by atoms with Gasteiger partial charge in [-0.1, -0.05) is 20.8 Å². The van der Waals surface area contributed by atoms with Crippen molar-refractivity contribution in [3.05, 3.63) is 33.4 Å². The molecule has 2 heterocycles. The SMILES string of the molecule is CCC(C)(C)c1nc2cc(C)c(C#N)c(=O)n2[nH]1. The highest BCUT2D eigenvalue weighted by molar-refractivity contribution is 5.47. The van der Waals surface area contributed by atoms with Crippen LogP contribution in [0.1, 0.15) is 44.1 Å². The normalized spacial score (nSPS) is 11.7. The highest BCUT2D eigenvalue weighted by atomic mass is 16.1. The molecular weight excluding hydrogens is 228 g/mol. The molecule has 94 valence electrons. The Balaban J connectivity index is 2.79. The Hall–Kier alpha value is -2.09. The first-order valence-electron chi connectivity index (χ1n) is 5.93. The quantitative estimate of drug-likeness (QED) is 0.876. The van der Waals surface area contributed by atoms with Crippen LogP contribution in [0.2, 0.25) is 0 Å². The van der Waals surface area contributed by atoms with E-state index in [9.17, 15) is 4.79 Å². The van der Waals surface area contributed by atoms with Crippen molar-refractivity contribution in [1.82, 2.24) is 14.6 Å². The van der Waals surface area contributed by atoms with Gasteiger partial charge in [0.1, 0.15) is 17.5 Å². The second kappa shape index (κ2) is 3.98.